The zero-order valence-electron chi connectivity index (χ0n) is 11.3. The van der Waals surface area contributed by atoms with Gasteiger partial charge >= 0.3 is 0 Å². The summed E-state index contributed by atoms with van der Waals surface area (Å²) in [5, 5.41) is 3.51. The van der Waals surface area contributed by atoms with Gasteiger partial charge in [-0.2, -0.15) is 0 Å². The molecular formula is C17H18FNO. The molecule has 0 aliphatic carbocycles. The van der Waals surface area contributed by atoms with Crippen molar-refractivity contribution in [2.75, 3.05) is 13.2 Å². The molecule has 0 saturated carbocycles. The molecule has 1 saturated heterocycles. The number of benzene rings is 2. The molecule has 2 unspecified atom stereocenters. The van der Waals surface area contributed by atoms with Gasteiger partial charge < -0.3 is 10.1 Å². The third-order valence-electron chi connectivity index (χ3n) is 3.66. The van der Waals surface area contributed by atoms with Crippen molar-refractivity contribution in [2.45, 2.75) is 18.6 Å². The van der Waals surface area contributed by atoms with Gasteiger partial charge in [-0.25, -0.2) is 4.39 Å². The molecule has 104 valence electrons. The first-order valence-corrected chi connectivity index (χ1v) is 6.95. The second-order valence-electron chi connectivity index (χ2n) is 5.17. The maximum Gasteiger partial charge on any atom is 0.123 e. The van der Waals surface area contributed by atoms with Crippen LogP contribution in [0, 0.1) is 5.82 Å². The van der Waals surface area contributed by atoms with E-state index >= 15 is 0 Å². The van der Waals surface area contributed by atoms with Gasteiger partial charge in [0.25, 0.3) is 0 Å². The fraction of sp³-hybridized carbons (Fsp3) is 0.294. The molecule has 2 atom stereocenters. The molecule has 3 heteroatoms. The van der Waals surface area contributed by atoms with E-state index in [4.69, 9.17) is 4.74 Å². The van der Waals surface area contributed by atoms with E-state index < -0.39 is 0 Å². The van der Waals surface area contributed by atoms with Crippen LogP contribution in [0.5, 0.6) is 0 Å². The Morgan fingerprint density at radius 3 is 2.45 bits per heavy atom. The van der Waals surface area contributed by atoms with E-state index in [2.05, 4.69) is 29.6 Å². The van der Waals surface area contributed by atoms with Gasteiger partial charge in [0.15, 0.2) is 0 Å². The van der Waals surface area contributed by atoms with Crippen LogP contribution < -0.4 is 5.32 Å². The summed E-state index contributed by atoms with van der Waals surface area (Å²) in [5.74, 6) is -0.209. The lowest BCUT2D eigenvalue weighted by Gasteiger charge is -2.30. The van der Waals surface area contributed by atoms with Crippen LogP contribution in [0.1, 0.15) is 17.2 Å². The van der Waals surface area contributed by atoms with E-state index in [0.29, 0.717) is 12.6 Å². The van der Waals surface area contributed by atoms with Crippen molar-refractivity contribution in [1.82, 2.24) is 5.32 Å². The molecule has 0 aromatic heterocycles. The zero-order chi connectivity index (χ0) is 13.8. The van der Waals surface area contributed by atoms with Crippen molar-refractivity contribution in [3.05, 3.63) is 71.5 Å². The highest BCUT2D eigenvalue weighted by Gasteiger charge is 2.22. The van der Waals surface area contributed by atoms with Crippen molar-refractivity contribution in [3.63, 3.8) is 0 Å². The molecule has 0 amide bonds. The molecule has 0 spiro atoms. The van der Waals surface area contributed by atoms with Crippen LogP contribution in [0.3, 0.4) is 0 Å². The average molecular weight is 271 g/mol. The Morgan fingerprint density at radius 1 is 1.05 bits per heavy atom. The van der Waals surface area contributed by atoms with Crippen LogP contribution in [0.2, 0.25) is 0 Å². The number of nitrogens with one attached hydrogen (secondary N) is 1. The van der Waals surface area contributed by atoms with Crippen LogP contribution >= 0.6 is 0 Å². The summed E-state index contributed by atoms with van der Waals surface area (Å²) in [6.07, 6.45) is 0.986. The molecule has 1 fully saturated rings. The van der Waals surface area contributed by atoms with E-state index in [0.717, 1.165) is 18.5 Å². The maximum absolute atomic E-state index is 12.9. The standard InChI is InChI=1S/C17H18FNO/c18-15-8-6-14(7-9-15)17-11-19-16(12-20-17)10-13-4-2-1-3-5-13/h1-9,16-17,19H,10-12H2. The van der Waals surface area contributed by atoms with Crippen LogP contribution in [0.15, 0.2) is 54.6 Å². The SMILES string of the molecule is Fc1ccc(C2CNC(Cc3ccccc3)CO2)cc1. The summed E-state index contributed by atoms with van der Waals surface area (Å²) in [5.41, 5.74) is 2.34. The average Bonchev–Trinajstić information content (AvgIpc) is 2.50. The van der Waals surface area contributed by atoms with Gasteiger partial charge in [0.2, 0.25) is 0 Å². The topological polar surface area (TPSA) is 21.3 Å². The second kappa shape index (κ2) is 6.16. The number of hydrogen-bond acceptors (Lipinski definition) is 2. The Bertz CT molecular complexity index is 533. The fourth-order valence-electron chi connectivity index (χ4n) is 2.55. The lowest BCUT2D eigenvalue weighted by Crippen LogP contribution is -2.44. The Kier molecular flexibility index (Phi) is 4.09. The number of rotatable bonds is 3. The zero-order valence-corrected chi connectivity index (χ0v) is 11.3. The Labute approximate surface area is 118 Å². The van der Waals surface area contributed by atoms with E-state index in [9.17, 15) is 4.39 Å². The summed E-state index contributed by atoms with van der Waals surface area (Å²) >= 11 is 0. The molecule has 20 heavy (non-hydrogen) atoms. The number of hydrogen-bond donors (Lipinski definition) is 1. The predicted octanol–water partition coefficient (Wildman–Crippen LogP) is 3.10. The number of ether oxygens (including phenoxy) is 1. The first kappa shape index (κ1) is 13.3. The lowest BCUT2D eigenvalue weighted by atomic mass is 10.0. The Hall–Kier alpha value is -1.71. The van der Waals surface area contributed by atoms with Gasteiger partial charge in [-0.3, -0.25) is 0 Å². The molecule has 1 aliphatic heterocycles. The van der Waals surface area contributed by atoms with E-state index in [1.54, 1.807) is 12.1 Å². The lowest BCUT2D eigenvalue weighted by molar-refractivity contribution is 0.00304. The molecule has 2 nitrogen and oxygen atoms in total. The van der Waals surface area contributed by atoms with Crippen LogP contribution in [-0.2, 0) is 11.2 Å². The minimum absolute atomic E-state index is 0.0163. The first-order valence-electron chi connectivity index (χ1n) is 6.95. The highest BCUT2D eigenvalue weighted by molar-refractivity contribution is 5.20. The van der Waals surface area contributed by atoms with Crippen LogP contribution in [0.25, 0.3) is 0 Å². The maximum atomic E-state index is 12.9. The molecule has 1 aliphatic rings. The minimum atomic E-state index is -0.209. The van der Waals surface area contributed by atoms with Gasteiger partial charge in [0.05, 0.1) is 12.7 Å². The first-order chi connectivity index (χ1) is 9.81. The van der Waals surface area contributed by atoms with Gasteiger partial charge in [0.1, 0.15) is 5.82 Å². The Morgan fingerprint density at radius 2 is 1.80 bits per heavy atom. The molecule has 0 bridgehead atoms. The molecule has 3 rings (SSSR count). The van der Waals surface area contributed by atoms with Gasteiger partial charge in [-0.1, -0.05) is 42.5 Å². The van der Waals surface area contributed by atoms with Crippen LogP contribution in [-0.4, -0.2) is 19.2 Å². The summed E-state index contributed by atoms with van der Waals surface area (Å²) in [6, 6.07) is 17.3. The van der Waals surface area contributed by atoms with Gasteiger partial charge in [0, 0.05) is 12.6 Å². The van der Waals surface area contributed by atoms with Crippen molar-refractivity contribution in [1.29, 1.82) is 0 Å². The number of halogens is 1. The molecule has 2 aromatic rings. The summed E-state index contributed by atoms with van der Waals surface area (Å²) in [4.78, 5) is 0. The van der Waals surface area contributed by atoms with Gasteiger partial charge in [-0.15, -0.1) is 0 Å². The quantitative estimate of drug-likeness (QED) is 0.926. The molecular weight excluding hydrogens is 253 g/mol. The molecule has 1 heterocycles. The van der Waals surface area contributed by atoms with Crippen LogP contribution in [0.4, 0.5) is 4.39 Å². The monoisotopic (exact) mass is 271 g/mol. The summed E-state index contributed by atoms with van der Waals surface area (Å²) < 4.78 is 18.8. The third kappa shape index (κ3) is 3.24. The predicted molar refractivity (Wildman–Crippen MR) is 77.0 cm³/mol. The second-order valence-corrected chi connectivity index (χ2v) is 5.17. The van der Waals surface area contributed by atoms with Crippen molar-refractivity contribution in [3.8, 4) is 0 Å². The van der Waals surface area contributed by atoms with Crippen molar-refractivity contribution < 1.29 is 9.13 Å². The van der Waals surface area contributed by atoms with Gasteiger partial charge in [-0.05, 0) is 29.7 Å². The fourth-order valence-corrected chi connectivity index (χ4v) is 2.55. The molecule has 1 N–H and O–H groups in total. The highest BCUT2D eigenvalue weighted by Crippen LogP contribution is 2.21. The van der Waals surface area contributed by atoms with Crippen molar-refractivity contribution >= 4 is 0 Å². The molecule has 2 aromatic carbocycles. The summed E-state index contributed by atoms with van der Waals surface area (Å²) in [6.45, 7) is 1.44. The largest absolute Gasteiger partial charge is 0.371 e. The van der Waals surface area contributed by atoms with E-state index in [1.807, 2.05) is 6.07 Å². The minimum Gasteiger partial charge on any atom is -0.371 e. The van der Waals surface area contributed by atoms with Crippen molar-refractivity contribution in [2.24, 2.45) is 0 Å². The summed E-state index contributed by atoms with van der Waals surface area (Å²) in [7, 11) is 0. The smallest absolute Gasteiger partial charge is 0.123 e. The van der Waals surface area contributed by atoms with E-state index in [-0.39, 0.29) is 11.9 Å². The Balaban J connectivity index is 1.55. The van der Waals surface area contributed by atoms with E-state index in [1.165, 1.54) is 17.7 Å². The third-order valence-corrected chi connectivity index (χ3v) is 3.66. The highest BCUT2D eigenvalue weighted by atomic mass is 19.1. The number of morpholine rings is 1. The normalized spacial score (nSPS) is 22.6. The molecule has 0 radical (unpaired) electrons.